The first-order valence-electron chi connectivity index (χ1n) is 25.9. The summed E-state index contributed by atoms with van der Waals surface area (Å²) >= 11 is 0. The molecule has 1 saturated heterocycles. The molecule has 9 N–H and O–H groups in total. The Morgan fingerprint density at radius 2 is 1.39 bits per heavy atom. The second-order valence-electron chi connectivity index (χ2n) is 20.8. The molecule has 0 spiro atoms. The van der Waals surface area contributed by atoms with Gasteiger partial charge in [-0.25, -0.2) is 14.4 Å². The maximum Gasteiger partial charge on any atom is 0.408 e. The predicted octanol–water partition coefficient (Wildman–Crippen LogP) is 3.60. The van der Waals surface area contributed by atoms with Crippen LogP contribution in [0.25, 0.3) is 0 Å². The summed E-state index contributed by atoms with van der Waals surface area (Å²) in [5, 5.41) is 50.5. The number of aliphatic hydroxyl groups excluding tert-OH is 2. The molecule has 1 aliphatic heterocycles. The van der Waals surface area contributed by atoms with Gasteiger partial charge in [-0.1, -0.05) is 80.6 Å². The molecule has 3 aliphatic carbocycles. The average Bonchev–Trinajstić information content (AvgIpc) is 3.43. The molecule has 11 atom stereocenters. The summed E-state index contributed by atoms with van der Waals surface area (Å²) in [7, 11) is 0. The molecule has 7 rings (SSSR count). The Labute approximate surface area is 437 Å². The molecule has 406 valence electrons. The van der Waals surface area contributed by atoms with Crippen molar-refractivity contribution in [3.8, 4) is 0 Å². The number of aliphatic hydroxyl groups is 3. The standard InChI is InChI=1S/C56H73N5O14/c1-34-39(72-51(68)44(64)43(36-19-9-6-10-20-36)61-49(66)37-21-11-7-12-22-37)32-56(70)48(74-50(67)38-23-13-8-14-24-38)46-54(5,40(63)31-41-55(46,33-71-41)75-35(2)62)47(65)45(42(34)53(56,3)4)73-52(69)60-30-18-29-59-27-16-15-26-58-28-17-25-57/h6-14,19-24,39-41,43-46,48,58-59,63-64,70H,15-18,25-33,57H2,1-5H3,(H,60,69)(H,61,66)/t39-,40-,41+,43-,44+,45+,46?,48-,54+,55-,56+/m0/s1. The van der Waals surface area contributed by atoms with Gasteiger partial charge in [-0.2, -0.15) is 0 Å². The van der Waals surface area contributed by atoms with Crippen LogP contribution in [0.4, 0.5) is 4.79 Å². The van der Waals surface area contributed by atoms with Gasteiger partial charge < -0.3 is 66.0 Å². The number of nitrogens with one attached hydrogen (secondary N) is 4. The van der Waals surface area contributed by atoms with Gasteiger partial charge in [0, 0.05) is 37.3 Å². The second kappa shape index (κ2) is 24.3. The van der Waals surface area contributed by atoms with Crippen LogP contribution >= 0.6 is 0 Å². The average molecular weight is 1040 g/mol. The molecule has 0 aromatic heterocycles. The summed E-state index contributed by atoms with van der Waals surface area (Å²) in [6.45, 7) is 10.8. The van der Waals surface area contributed by atoms with E-state index >= 15 is 4.79 Å². The number of fused-ring (bicyclic) bond motifs is 5. The van der Waals surface area contributed by atoms with Crippen molar-refractivity contribution in [2.75, 3.05) is 45.9 Å². The number of esters is 3. The number of hydrogen-bond acceptors (Lipinski definition) is 17. The minimum absolute atomic E-state index is 0.0268. The van der Waals surface area contributed by atoms with Crippen molar-refractivity contribution in [1.29, 1.82) is 0 Å². The van der Waals surface area contributed by atoms with Crippen molar-refractivity contribution in [1.82, 2.24) is 21.3 Å². The van der Waals surface area contributed by atoms with Crippen molar-refractivity contribution in [2.24, 2.45) is 22.5 Å². The normalized spacial score (nSPS) is 28.4. The summed E-state index contributed by atoms with van der Waals surface area (Å²) in [6, 6.07) is 23.0. The van der Waals surface area contributed by atoms with Gasteiger partial charge in [0.2, 0.25) is 0 Å². The van der Waals surface area contributed by atoms with Crippen LogP contribution in [-0.2, 0) is 38.1 Å². The molecule has 3 aromatic rings. The van der Waals surface area contributed by atoms with E-state index in [1.807, 2.05) is 0 Å². The van der Waals surface area contributed by atoms with E-state index in [9.17, 15) is 39.3 Å². The van der Waals surface area contributed by atoms with E-state index < -0.39 is 113 Å². The number of carbonyl (C=O) groups is 6. The number of ketones is 1. The van der Waals surface area contributed by atoms with Crippen molar-refractivity contribution in [2.45, 2.75) is 127 Å². The van der Waals surface area contributed by atoms with Gasteiger partial charge in [-0.05, 0) is 113 Å². The summed E-state index contributed by atoms with van der Waals surface area (Å²) in [4.78, 5) is 86.0. The number of ether oxygens (including phenoxy) is 5. The zero-order valence-corrected chi connectivity index (χ0v) is 43.4. The highest BCUT2D eigenvalue weighted by molar-refractivity contribution is 5.96. The maximum atomic E-state index is 16.0. The van der Waals surface area contributed by atoms with Gasteiger partial charge in [0.25, 0.3) is 5.91 Å². The fourth-order valence-electron chi connectivity index (χ4n) is 11.5. The van der Waals surface area contributed by atoms with Gasteiger partial charge in [-0.3, -0.25) is 14.4 Å². The number of rotatable bonds is 22. The van der Waals surface area contributed by atoms with E-state index in [1.165, 1.54) is 26.0 Å². The molecule has 75 heavy (non-hydrogen) atoms. The van der Waals surface area contributed by atoms with E-state index in [-0.39, 0.29) is 41.8 Å². The Balaban J connectivity index is 1.28. The Hall–Kier alpha value is -6.06. The third-order valence-corrected chi connectivity index (χ3v) is 15.7. The lowest BCUT2D eigenvalue weighted by molar-refractivity contribution is -0.345. The van der Waals surface area contributed by atoms with E-state index in [0.717, 1.165) is 45.8 Å². The molecule has 4 aliphatic rings. The van der Waals surface area contributed by atoms with E-state index in [1.54, 1.807) is 92.7 Å². The number of benzene rings is 3. The monoisotopic (exact) mass is 1040 g/mol. The molecule has 2 amide bonds. The summed E-state index contributed by atoms with van der Waals surface area (Å²) in [5.74, 6) is -6.05. The van der Waals surface area contributed by atoms with Crippen molar-refractivity contribution in [3.05, 3.63) is 119 Å². The third kappa shape index (κ3) is 11.7. The van der Waals surface area contributed by atoms with Crippen LogP contribution in [-0.4, -0.2) is 145 Å². The van der Waals surface area contributed by atoms with Crippen LogP contribution in [0.5, 0.6) is 0 Å². The van der Waals surface area contributed by atoms with Gasteiger partial charge in [0.1, 0.15) is 23.9 Å². The first-order valence-corrected chi connectivity index (χ1v) is 25.9. The van der Waals surface area contributed by atoms with Gasteiger partial charge >= 0.3 is 24.0 Å². The first kappa shape index (κ1) is 56.7. The van der Waals surface area contributed by atoms with Gasteiger partial charge in [-0.15, -0.1) is 0 Å². The molecule has 1 heterocycles. The van der Waals surface area contributed by atoms with E-state index in [0.29, 0.717) is 25.1 Å². The topological polar surface area (TPSA) is 283 Å². The van der Waals surface area contributed by atoms with Gasteiger partial charge in [0.15, 0.2) is 23.6 Å². The molecule has 19 nitrogen and oxygen atoms in total. The Kier molecular flexibility index (Phi) is 18.4. The molecule has 3 aromatic carbocycles. The lowest BCUT2D eigenvalue weighted by atomic mass is 9.44. The van der Waals surface area contributed by atoms with Crippen LogP contribution in [0.1, 0.15) is 105 Å². The molecule has 1 unspecified atom stereocenters. The third-order valence-electron chi connectivity index (χ3n) is 15.7. The van der Waals surface area contributed by atoms with E-state index in [2.05, 4.69) is 21.3 Å². The molecule has 19 heteroatoms. The number of nitrogens with two attached hydrogens (primary N) is 1. The van der Waals surface area contributed by atoms with Crippen LogP contribution in [0.15, 0.2) is 102 Å². The molecule has 0 radical (unpaired) electrons. The van der Waals surface area contributed by atoms with Crippen LogP contribution in [0.3, 0.4) is 0 Å². The highest BCUT2D eigenvalue weighted by Gasteiger charge is 2.78. The lowest BCUT2D eigenvalue weighted by Gasteiger charge is -2.67. The second-order valence-corrected chi connectivity index (χ2v) is 20.8. The predicted molar refractivity (Wildman–Crippen MR) is 274 cm³/mol. The molecular formula is C56H73N5O14. The largest absolute Gasteiger partial charge is 0.456 e. The number of carbonyl (C=O) groups excluding carboxylic acids is 6. The van der Waals surface area contributed by atoms with Crippen molar-refractivity contribution in [3.63, 3.8) is 0 Å². The fraction of sp³-hybridized carbons (Fsp3) is 0.536. The van der Waals surface area contributed by atoms with Crippen LogP contribution in [0, 0.1) is 16.7 Å². The summed E-state index contributed by atoms with van der Waals surface area (Å²) < 4.78 is 31.0. The number of amides is 2. The summed E-state index contributed by atoms with van der Waals surface area (Å²) in [5.41, 5.74) is -1.73. The fourth-order valence-corrected chi connectivity index (χ4v) is 11.5. The highest BCUT2D eigenvalue weighted by atomic mass is 16.6. The SMILES string of the molecule is CC(=O)O[C@@]12CO[C@@H]1C[C@H](O)[C@@]1(C)C(=O)[C@H](OC(=O)NCCCNCCCCNCCCN)C3=C(C)[C@@H](OC(=O)[C@H](O)[C@@H](NC(=O)c4ccccc4)c4ccccc4)C[C@@](O)([C@@H](OC(=O)c4ccccc4)C12)C3(C)C. The lowest BCUT2D eigenvalue weighted by Crippen LogP contribution is -2.82. The molecule has 2 saturated carbocycles. The smallest absolute Gasteiger partial charge is 0.408 e. The van der Waals surface area contributed by atoms with Crippen molar-refractivity contribution >= 4 is 35.7 Å². The van der Waals surface area contributed by atoms with E-state index in [4.69, 9.17) is 29.4 Å². The highest BCUT2D eigenvalue weighted by Crippen LogP contribution is 2.64. The number of Topliss-reactive ketones (excluding diaryl/α,β-unsaturated/α-hetero) is 1. The molecular weight excluding hydrogens is 967 g/mol. The minimum Gasteiger partial charge on any atom is -0.456 e. The Morgan fingerprint density at radius 3 is 1.97 bits per heavy atom. The zero-order valence-electron chi connectivity index (χ0n) is 43.4. The van der Waals surface area contributed by atoms with Crippen molar-refractivity contribution < 1.29 is 67.8 Å². The molecule has 2 bridgehead atoms. The first-order chi connectivity index (χ1) is 35.8. The Morgan fingerprint density at radius 1 is 0.800 bits per heavy atom. The number of hydrogen-bond donors (Lipinski definition) is 8. The summed E-state index contributed by atoms with van der Waals surface area (Å²) in [6.07, 6.45) is -8.53. The minimum atomic E-state index is -2.44. The zero-order chi connectivity index (χ0) is 54.1. The maximum absolute atomic E-state index is 16.0. The van der Waals surface area contributed by atoms with Crippen LogP contribution in [0.2, 0.25) is 0 Å². The number of unbranched alkanes of at least 4 members (excludes halogenated alkanes) is 1. The van der Waals surface area contributed by atoms with Gasteiger partial charge in [0.05, 0.1) is 35.6 Å². The Bertz CT molecular complexity index is 2530. The van der Waals surface area contributed by atoms with Crippen LogP contribution < -0.4 is 27.0 Å². The molecule has 3 fully saturated rings. The quantitative estimate of drug-likeness (QED) is 0.0309. The number of alkyl carbamates (subject to hydrolysis) is 1.